The minimum Gasteiger partial charge on any atom is -0.366 e. The Kier molecular flexibility index (Phi) is 3.82. The van der Waals surface area contributed by atoms with E-state index in [1.165, 1.54) is 12.1 Å². The number of non-ortho nitro benzene ring substituents is 1. The third kappa shape index (κ3) is 2.64. The first-order chi connectivity index (χ1) is 13.4. The lowest BCUT2D eigenvalue weighted by atomic mass is 9.95. The predicted molar refractivity (Wildman–Crippen MR) is 105 cm³/mol. The molecule has 0 aliphatic carbocycles. The van der Waals surface area contributed by atoms with Crippen LogP contribution in [-0.4, -0.2) is 21.7 Å². The van der Waals surface area contributed by atoms with Crippen molar-refractivity contribution >= 4 is 39.3 Å². The third-order valence-corrected chi connectivity index (χ3v) is 4.69. The van der Waals surface area contributed by atoms with Crippen molar-refractivity contribution in [1.29, 1.82) is 0 Å². The fourth-order valence-corrected chi connectivity index (χ4v) is 3.38. The van der Waals surface area contributed by atoms with Crippen LogP contribution >= 0.6 is 0 Å². The van der Waals surface area contributed by atoms with Gasteiger partial charge >= 0.3 is 0 Å². The zero-order chi connectivity index (χ0) is 20.0. The van der Waals surface area contributed by atoms with Crippen molar-refractivity contribution < 1.29 is 14.5 Å². The van der Waals surface area contributed by atoms with E-state index >= 15 is 0 Å². The summed E-state index contributed by atoms with van der Waals surface area (Å²) < 4.78 is 0. The maximum atomic E-state index is 12.0. The van der Waals surface area contributed by atoms with Crippen molar-refractivity contribution in [3.05, 3.63) is 75.8 Å². The number of amides is 2. The van der Waals surface area contributed by atoms with Crippen molar-refractivity contribution in [2.45, 2.75) is 0 Å². The van der Waals surface area contributed by atoms with Gasteiger partial charge in [0.25, 0.3) is 5.69 Å². The van der Waals surface area contributed by atoms with E-state index < -0.39 is 16.7 Å². The number of rotatable bonds is 4. The van der Waals surface area contributed by atoms with Gasteiger partial charge in [0, 0.05) is 45.1 Å². The Morgan fingerprint density at radius 3 is 2.18 bits per heavy atom. The van der Waals surface area contributed by atoms with E-state index in [9.17, 15) is 19.7 Å². The molecule has 1 aromatic heterocycles. The van der Waals surface area contributed by atoms with Crippen molar-refractivity contribution in [2.75, 3.05) is 0 Å². The van der Waals surface area contributed by atoms with Gasteiger partial charge in [0.05, 0.1) is 10.4 Å². The molecule has 0 aliphatic rings. The maximum Gasteiger partial charge on any atom is 0.269 e. The predicted octanol–water partition coefficient (Wildman–Crippen LogP) is 3.09. The van der Waals surface area contributed by atoms with E-state index in [1.54, 1.807) is 42.5 Å². The number of fused-ring (bicyclic) bond motifs is 3. The summed E-state index contributed by atoms with van der Waals surface area (Å²) >= 11 is 0. The molecule has 1 heterocycles. The van der Waals surface area contributed by atoms with Gasteiger partial charge < -0.3 is 16.5 Å². The summed E-state index contributed by atoms with van der Waals surface area (Å²) in [4.78, 5) is 37.1. The molecular weight excluding hydrogens is 360 g/mol. The lowest BCUT2D eigenvalue weighted by molar-refractivity contribution is -0.384. The topological polar surface area (TPSA) is 145 Å². The lowest BCUT2D eigenvalue weighted by Crippen LogP contribution is -2.12. The summed E-state index contributed by atoms with van der Waals surface area (Å²) in [7, 11) is 0. The summed E-state index contributed by atoms with van der Waals surface area (Å²) in [5.74, 6) is -1.17. The van der Waals surface area contributed by atoms with Crippen LogP contribution in [0, 0.1) is 10.1 Å². The van der Waals surface area contributed by atoms with Crippen LogP contribution in [0.2, 0.25) is 0 Å². The van der Waals surface area contributed by atoms with Gasteiger partial charge in [-0.25, -0.2) is 0 Å². The second kappa shape index (κ2) is 6.20. The van der Waals surface area contributed by atoms with E-state index in [1.807, 2.05) is 0 Å². The Morgan fingerprint density at radius 1 is 0.893 bits per heavy atom. The first kappa shape index (κ1) is 17.2. The molecule has 0 radical (unpaired) electrons. The van der Waals surface area contributed by atoms with Gasteiger partial charge in [-0.2, -0.15) is 0 Å². The third-order valence-electron chi connectivity index (χ3n) is 4.69. The minimum atomic E-state index is -0.619. The van der Waals surface area contributed by atoms with Crippen LogP contribution in [0.5, 0.6) is 0 Å². The maximum absolute atomic E-state index is 12.0. The smallest absolute Gasteiger partial charge is 0.269 e. The number of nitrogens with one attached hydrogen (secondary N) is 1. The van der Waals surface area contributed by atoms with Crippen LogP contribution in [0.25, 0.3) is 32.9 Å². The van der Waals surface area contributed by atoms with Gasteiger partial charge in [0.15, 0.2) is 0 Å². The van der Waals surface area contributed by atoms with Crippen molar-refractivity contribution in [3.63, 3.8) is 0 Å². The molecule has 8 heteroatoms. The molecule has 138 valence electrons. The number of nitrogens with two attached hydrogens (primary N) is 2. The Morgan fingerprint density at radius 2 is 1.57 bits per heavy atom. The molecule has 0 unspecified atom stereocenters. The number of hydrogen-bond donors (Lipinski definition) is 3. The van der Waals surface area contributed by atoms with Crippen LogP contribution in [-0.2, 0) is 0 Å². The van der Waals surface area contributed by atoms with E-state index in [0.717, 1.165) is 10.8 Å². The summed E-state index contributed by atoms with van der Waals surface area (Å²) in [6.07, 6.45) is 0. The molecule has 0 fully saturated rings. The summed E-state index contributed by atoms with van der Waals surface area (Å²) in [6.45, 7) is 0. The van der Waals surface area contributed by atoms with Crippen LogP contribution < -0.4 is 11.5 Å². The molecule has 4 aromatic rings. The monoisotopic (exact) mass is 374 g/mol. The second-order valence-corrected chi connectivity index (χ2v) is 6.33. The molecule has 0 bridgehead atoms. The van der Waals surface area contributed by atoms with E-state index in [0.29, 0.717) is 27.7 Å². The fraction of sp³-hybridized carbons (Fsp3) is 0. The molecule has 8 nitrogen and oxygen atoms in total. The number of benzene rings is 3. The number of primary amides is 2. The number of aromatic nitrogens is 1. The standard InChI is InChI=1S/C20H14N4O4/c21-19(25)11-3-6-13-14-7-8-15(20(22)26)17(18(14)23-16(13)9-11)10-1-4-12(5-2-10)24(27)28/h1-9,23H,(H2,21,25)(H2,22,26). The van der Waals surface area contributed by atoms with Crippen LogP contribution in [0.1, 0.15) is 20.7 Å². The van der Waals surface area contributed by atoms with E-state index in [4.69, 9.17) is 11.5 Å². The highest BCUT2D eigenvalue weighted by atomic mass is 16.6. The highest BCUT2D eigenvalue weighted by Gasteiger charge is 2.18. The Labute approximate surface area is 157 Å². The fourth-order valence-electron chi connectivity index (χ4n) is 3.38. The van der Waals surface area contributed by atoms with Crippen molar-refractivity contribution in [2.24, 2.45) is 11.5 Å². The Hall–Kier alpha value is -4.20. The number of aromatic amines is 1. The van der Waals surface area contributed by atoms with Crippen molar-refractivity contribution in [3.8, 4) is 11.1 Å². The Bertz CT molecular complexity index is 1290. The second-order valence-electron chi connectivity index (χ2n) is 6.33. The highest BCUT2D eigenvalue weighted by Crippen LogP contribution is 2.36. The molecular formula is C20H14N4O4. The van der Waals surface area contributed by atoms with Crippen LogP contribution in [0.4, 0.5) is 5.69 Å². The number of nitro groups is 1. The number of carbonyl (C=O) groups is 2. The zero-order valence-electron chi connectivity index (χ0n) is 14.4. The molecule has 0 atom stereocenters. The number of carbonyl (C=O) groups excluding carboxylic acids is 2. The normalized spacial score (nSPS) is 11.0. The van der Waals surface area contributed by atoms with Gasteiger partial charge in [0.1, 0.15) is 0 Å². The van der Waals surface area contributed by atoms with E-state index in [2.05, 4.69) is 4.98 Å². The summed E-state index contributed by atoms with van der Waals surface area (Å²) in [5, 5.41) is 12.6. The zero-order valence-corrected chi connectivity index (χ0v) is 14.4. The number of hydrogen-bond acceptors (Lipinski definition) is 4. The highest BCUT2D eigenvalue weighted by molar-refractivity contribution is 6.17. The van der Waals surface area contributed by atoms with Crippen LogP contribution in [0.15, 0.2) is 54.6 Å². The lowest BCUT2D eigenvalue weighted by Gasteiger charge is -2.09. The van der Waals surface area contributed by atoms with Gasteiger partial charge in [-0.15, -0.1) is 0 Å². The van der Waals surface area contributed by atoms with Gasteiger partial charge in [-0.3, -0.25) is 19.7 Å². The summed E-state index contributed by atoms with van der Waals surface area (Å²) in [5.41, 5.74) is 13.9. The number of nitrogens with zero attached hydrogens (tertiary/aromatic N) is 1. The first-order valence-electron chi connectivity index (χ1n) is 8.29. The minimum absolute atomic E-state index is 0.0562. The molecule has 0 saturated carbocycles. The molecule has 0 aliphatic heterocycles. The molecule has 4 rings (SSSR count). The molecule has 3 aromatic carbocycles. The molecule has 2 amide bonds. The average molecular weight is 374 g/mol. The van der Waals surface area contributed by atoms with Gasteiger partial charge in [-0.05, 0) is 35.9 Å². The van der Waals surface area contributed by atoms with E-state index in [-0.39, 0.29) is 11.3 Å². The Balaban J connectivity index is 2.04. The number of nitro benzene ring substituents is 1. The molecule has 5 N–H and O–H groups in total. The quantitative estimate of drug-likeness (QED) is 0.372. The molecule has 0 spiro atoms. The number of H-pyrrole nitrogens is 1. The van der Waals surface area contributed by atoms with Crippen LogP contribution in [0.3, 0.4) is 0 Å². The molecule has 0 saturated heterocycles. The first-order valence-corrected chi connectivity index (χ1v) is 8.29. The SMILES string of the molecule is NC(=O)c1ccc2c(c1)[nH]c1c(-c3ccc([N+](=O)[O-])cc3)c(C(N)=O)ccc12. The largest absolute Gasteiger partial charge is 0.366 e. The van der Waals surface area contributed by atoms with Crippen molar-refractivity contribution in [1.82, 2.24) is 4.98 Å². The molecule has 28 heavy (non-hydrogen) atoms. The van der Waals surface area contributed by atoms with Gasteiger partial charge in [0.2, 0.25) is 11.8 Å². The van der Waals surface area contributed by atoms with Gasteiger partial charge in [-0.1, -0.05) is 12.1 Å². The average Bonchev–Trinajstić information content (AvgIpc) is 3.04. The summed E-state index contributed by atoms with van der Waals surface area (Å²) in [6, 6.07) is 14.3.